The van der Waals surface area contributed by atoms with Crippen molar-refractivity contribution in [1.29, 1.82) is 0 Å². The maximum atomic E-state index is 13.1. The topological polar surface area (TPSA) is 96.2 Å². The molecule has 0 radical (unpaired) electrons. The lowest BCUT2D eigenvalue weighted by Crippen LogP contribution is -2.57. The number of rotatable bonds is 2. The van der Waals surface area contributed by atoms with Crippen molar-refractivity contribution >= 4 is 23.5 Å². The van der Waals surface area contributed by atoms with Gasteiger partial charge in [-0.3, -0.25) is 0 Å². The van der Waals surface area contributed by atoms with Crippen LogP contribution in [0.5, 0.6) is 0 Å². The summed E-state index contributed by atoms with van der Waals surface area (Å²) in [6.07, 6.45) is -3.88. The van der Waals surface area contributed by atoms with Crippen LogP contribution in [0.25, 0.3) is 5.76 Å². The van der Waals surface area contributed by atoms with E-state index in [9.17, 15) is 24.5 Å². The molecule has 1 saturated heterocycles. The zero-order chi connectivity index (χ0) is 16.7. The summed E-state index contributed by atoms with van der Waals surface area (Å²) < 4.78 is 24.2. The molecule has 5 unspecified atom stereocenters. The van der Waals surface area contributed by atoms with Gasteiger partial charge >= 0.3 is 5.97 Å². The fraction of sp³-hybridized carbons (Fsp3) is 0.400. The van der Waals surface area contributed by atoms with Crippen molar-refractivity contribution in [3.8, 4) is 0 Å². The number of hydrogen-bond acceptors (Lipinski definition) is 6. The van der Waals surface area contributed by atoms with Crippen LogP contribution < -0.4 is 0 Å². The van der Waals surface area contributed by atoms with Crippen molar-refractivity contribution in [2.75, 3.05) is 0 Å². The number of aliphatic carboxylic acids is 1. The lowest BCUT2D eigenvalue weighted by atomic mass is 10.0. The van der Waals surface area contributed by atoms with Gasteiger partial charge in [0, 0.05) is 5.56 Å². The second-order valence-electron chi connectivity index (χ2n) is 5.36. The Labute approximate surface area is 135 Å². The maximum Gasteiger partial charge on any atom is 0.346 e. The summed E-state index contributed by atoms with van der Waals surface area (Å²) in [5, 5.41) is 28.6. The molecule has 8 heteroatoms. The largest absolute Gasteiger partial charge is 0.477 e. The molecule has 1 aromatic rings. The summed E-state index contributed by atoms with van der Waals surface area (Å²) in [6.45, 7) is 1.59. The van der Waals surface area contributed by atoms with Crippen LogP contribution in [-0.4, -0.2) is 51.1 Å². The molecule has 124 valence electrons. The molecule has 2 heterocycles. The minimum Gasteiger partial charge on any atom is -0.477 e. The highest BCUT2D eigenvalue weighted by Crippen LogP contribution is 2.44. The third-order valence-corrected chi connectivity index (χ3v) is 5.15. The Morgan fingerprint density at radius 3 is 2.48 bits per heavy atom. The molecule has 5 atom stereocenters. The molecule has 1 aromatic carbocycles. The lowest BCUT2D eigenvalue weighted by molar-refractivity contribution is -0.220. The number of ether oxygens (including phenoxy) is 2. The van der Waals surface area contributed by atoms with Crippen molar-refractivity contribution in [3.05, 3.63) is 40.6 Å². The van der Waals surface area contributed by atoms with E-state index in [4.69, 9.17) is 9.47 Å². The van der Waals surface area contributed by atoms with Crippen LogP contribution in [0.2, 0.25) is 0 Å². The molecular formula is C15H15FO6S. The third kappa shape index (κ3) is 2.94. The van der Waals surface area contributed by atoms with Gasteiger partial charge in [-0.25, -0.2) is 9.18 Å². The van der Waals surface area contributed by atoms with Crippen LogP contribution in [0.1, 0.15) is 12.5 Å². The van der Waals surface area contributed by atoms with E-state index in [0.29, 0.717) is 5.56 Å². The molecule has 0 aromatic heterocycles. The van der Waals surface area contributed by atoms with Gasteiger partial charge < -0.3 is 24.8 Å². The summed E-state index contributed by atoms with van der Waals surface area (Å²) in [6, 6.07) is 5.22. The fourth-order valence-corrected chi connectivity index (χ4v) is 3.71. The quantitative estimate of drug-likeness (QED) is 0.742. The van der Waals surface area contributed by atoms with Gasteiger partial charge in [-0.05, 0) is 31.2 Å². The zero-order valence-corrected chi connectivity index (χ0v) is 12.9. The average Bonchev–Trinajstić information content (AvgIpc) is 2.52. The summed E-state index contributed by atoms with van der Waals surface area (Å²) in [7, 11) is 0. The number of benzene rings is 1. The number of halogens is 1. The highest BCUT2D eigenvalue weighted by atomic mass is 32.2. The normalized spacial score (nSPS) is 33.8. The SMILES string of the molecule is CC1OC2OC(c3ccc(F)cc3)=C(C(=O)O)SC2C(O)C1O. The Balaban J connectivity index is 2.00. The van der Waals surface area contributed by atoms with E-state index in [-0.39, 0.29) is 10.7 Å². The first-order valence-electron chi connectivity index (χ1n) is 6.97. The second-order valence-corrected chi connectivity index (χ2v) is 6.55. The molecule has 0 amide bonds. The number of fused-ring (bicyclic) bond motifs is 1. The van der Waals surface area contributed by atoms with E-state index < -0.39 is 41.6 Å². The molecule has 0 aliphatic carbocycles. The molecule has 0 bridgehead atoms. The van der Waals surface area contributed by atoms with Gasteiger partial charge in [0.05, 0.1) is 6.10 Å². The van der Waals surface area contributed by atoms with Crippen molar-refractivity contribution < 1.29 is 34.0 Å². The molecule has 3 rings (SSSR count). The molecule has 0 saturated carbocycles. The van der Waals surface area contributed by atoms with Crippen LogP contribution in [0.4, 0.5) is 4.39 Å². The number of carbonyl (C=O) groups is 1. The monoisotopic (exact) mass is 342 g/mol. The molecule has 2 aliphatic heterocycles. The second kappa shape index (κ2) is 6.12. The molecule has 1 fully saturated rings. The van der Waals surface area contributed by atoms with E-state index in [0.717, 1.165) is 11.8 Å². The Morgan fingerprint density at radius 2 is 1.87 bits per heavy atom. The van der Waals surface area contributed by atoms with Gasteiger partial charge in [-0.1, -0.05) is 0 Å². The van der Waals surface area contributed by atoms with Gasteiger partial charge in [-0.15, -0.1) is 11.8 Å². The van der Waals surface area contributed by atoms with Crippen molar-refractivity contribution in [1.82, 2.24) is 0 Å². The summed E-state index contributed by atoms with van der Waals surface area (Å²) in [4.78, 5) is 11.4. The molecule has 0 spiro atoms. The number of hydrogen-bond donors (Lipinski definition) is 3. The number of aliphatic hydroxyl groups is 2. The van der Waals surface area contributed by atoms with E-state index in [1.54, 1.807) is 6.92 Å². The molecule has 2 aliphatic rings. The van der Waals surface area contributed by atoms with Gasteiger partial charge in [-0.2, -0.15) is 0 Å². The molecule has 3 N–H and O–H groups in total. The first kappa shape index (κ1) is 16.3. The number of carboxylic acid groups (broad SMARTS) is 1. The molecular weight excluding hydrogens is 327 g/mol. The van der Waals surface area contributed by atoms with Crippen LogP contribution in [-0.2, 0) is 14.3 Å². The van der Waals surface area contributed by atoms with E-state index in [2.05, 4.69) is 0 Å². The van der Waals surface area contributed by atoms with Crippen LogP contribution in [0.15, 0.2) is 29.2 Å². The van der Waals surface area contributed by atoms with Gasteiger partial charge in [0.1, 0.15) is 28.2 Å². The summed E-state index contributed by atoms with van der Waals surface area (Å²) in [5.74, 6) is -1.62. The Morgan fingerprint density at radius 1 is 1.22 bits per heavy atom. The van der Waals surface area contributed by atoms with E-state index in [1.165, 1.54) is 24.3 Å². The van der Waals surface area contributed by atoms with Crippen molar-refractivity contribution in [2.24, 2.45) is 0 Å². The average molecular weight is 342 g/mol. The molecule has 23 heavy (non-hydrogen) atoms. The predicted molar refractivity (Wildman–Crippen MR) is 79.8 cm³/mol. The Kier molecular flexibility index (Phi) is 4.33. The zero-order valence-electron chi connectivity index (χ0n) is 12.0. The number of thioether (sulfide) groups is 1. The van der Waals surface area contributed by atoms with E-state index >= 15 is 0 Å². The van der Waals surface area contributed by atoms with Crippen molar-refractivity contribution in [2.45, 2.75) is 36.8 Å². The maximum absolute atomic E-state index is 13.1. The summed E-state index contributed by atoms with van der Waals surface area (Å²) in [5.41, 5.74) is 0.395. The minimum atomic E-state index is -1.23. The number of aliphatic hydroxyl groups excluding tert-OH is 2. The van der Waals surface area contributed by atoms with Gasteiger partial charge in [0.2, 0.25) is 6.29 Å². The fourth-order valence-electron chi connectivity index (χ4n) is 2.53. The molecule has 6 nitrogen and oxygen atoms in total. The van der Waals surface area contributed by atoms with Crippen LogP contribution in [0.3, 0.4) is 0 Å². The first-order chi connectivity index (χ1) is 10.9. The minimum absolute atomic E-state index is 0.0551. The first-order valence-corrected chi connectivity index (χ1v) is 7.85. The van der Waals surface area contributed by atoms with Gasteiger partial charge in [0.25, 0.3) is 0 Å². The number of carboxylic acids is 1. The smallest absolute Gasteiger partial charge is 0.346 e. The standard InChI is InChI=1S/C15H15FO6S/c1-6-9(17)10(18)12-15(21-6)22-11(13(23-12)14(19)20)7-2-4-8(16)5-3-7/h2-6,9-10,12,15,17-18H,1H3,(H,19,20). The Hall–Kier alpha value is -1.61. The van der Waals surface area contributed by atoms with Crippen molar-refractivity contribution in [3.63, 3.8) is 0 Å². The predicted octanol–water partition coefficient (Wildman–Crippen LogP) is 1.18. The van der Waals surface area contributed by atoms with Gasteiger partial charge in [0.15, 0.2) is 5.76 Å². The van der Waals surface area contributed by atoms with Crippen LogP contribution >= 0.6 is 11.8 Å². The summed E-state index contributed by atoms with van der Waals surface area (Å²) >= 11 is 0.871. The van der Waals surface area contributed by atoms with Crippen LogP contribution in [0, 0.1) is 5.82 Å². The lowest BCUT2D eigenvalue weighted by Gasteiger charge is -2.43. The van der Waals surface area contributed by atoms with E-state index in [1.807, 2.05) is 0 Å². The highest BCUT2D eigenvalue weighted by molar-refractivity contribution is 8.04. The Bertz CT molecular complexity index is 646. The highest BCUT2D eigenvalue weighted by Gasteiger charge is 2.48. The third-order valence-electron chi connectivity index (χ3n) is 3.78.